The zero-order chi connectivity index (χ0) is 13.3. The van der Waals surface area contributed by atoms with Crippen LogP contribution in [0, 0.1) is 0 Å². The molecule has 0 aromatic carbocycles. The van der Waals surface area contributed by atoms with Gasteiger partial charge in [-0.3, -0.25) is 4.90 Å². The Morgan fingerprint density at radius 1 is 1.16 bits per heavy atom. The van der Waals surface area contributed by atoms with Gasteiger partial charge in [0.15, 0.2) is 0 Å². The van der Waals surface area contributed by atoms with Gasteiger partial charge in [0.1, 0.15) is 0 Å². The first-order chi connectivity index (χ1) is 9.11. The van der Waals surface area contributed by atoms with E-state index in [0.29, 0.717) is 5.54 Å². The highest BCUT2D eigenvalue weighted by Gasteiger charge is 2.43. The highest BCUT2D eigenvalue weighted by molar-refractivity contribution is 4.98. The Kier molecular flexibility index (Phi) is 3.89. The highest BCUT2D eigenvalue weighted by Crippen LogP contribution is 2.41. The summed E-state index contributed by atoms with van der Waals surface area (Å²) in [6.45, 7) is 9.23. The quantitative estimate of drug-likeness (QED) is 0.789. The van der Waals surface area contributed by atoms with E-state index in [2.05, 4.69) is 24.1 Å². The molecule has 1 aliphatic carbocycles. The van der Waals surface area contributed by atoms with Crippen molar-refractivity contribution in [2.75, 3.05) is 26.2 Å². The Bertz CT molecular complexity index is 304. The first kappa shape index (κ1) is 13.8. The first-order valence-corrected chi connectivity index (χ1v) is 8.23. The van der Waals surface area contributed by atoms with E-state index in [4.69, 9.17) is 4.74 Å². The molecule has 3 nitrogen and oxygen atoms in total. The molecular formula is C16H30N2O. The zero-order valence-electron chi connectivity index (χ0n) is 12.7. The molecule has 1 atom stereocenters. The predicted molar refractivity (Wildman–Crippen MR) is 78.4 cm³/mol. The summed E-state index contributed by atoms with van der Waals surface area (Å²) >= 11 is 0. The zero-order valence-corrected chi connectivity index (χ0v) is 12.7. The number of nitrogens with one attached hydrogen (secondary N) is 1. The molecule has 0 aromatic heterocycles. The topological polar surface area (TPSA) is 24.5 Å². The van der Waals surface area contributed by atoms with Crippen molar-refractivity contribution in [1.29, 1.82) is 0 Å². The van der Waals surface area contributed by atoms with E-state index in [1.165, 1.54) is 51.5 Å². The van der Waals surface area contributed by atoms with Crippen LogP contribution in [0.1, 0.15) is 58.8 Å². The first-order valence-electron chi connectivity index (χ1n) is 8.23. The Morgan fingerprint density at radius 2 is 1.95 bits per heavy atom. The van der Waals surface area contributed by atoms with Gasteiger partial charge >= 0.3 is 0 Å². The molecule has 3 aliphatic rings. The second-order valence-electron chi connectivity index (χ2n) is 7.42. The summed E-state index contributed by atoms with van der Waals surface area (Å²) in [4.78, 5) is 2.77. The van der Waals surface area contributed by atoms with Crippen LogP contribution < -0.4 is 5.32 Å². The summed E-state index contributed by atoms with van der Waals surface area (Å²) < 4.78 is 6.25. The lowest BCUT2D eigenvalue weighted by molar-refractivity contribution is -0.136. The normalized spacial score (nSPS) is 35.4. The van der Waals surface area contributed by atoms with Gasteiger partial charge in [0.25, 0.3) is 0 Å². The lowest BCUT2D eigenvalue weighted by Gasteiger charge is -2.52. The van der Waals surface area contributed by atoms with Crippen LogP contribution in [0.3, 0.4) is 0 Å². The molecule has 3 fully saturated rings. The molecule has 1 spiro atoms. The predicted octanol–water partition coefficient (Wildman–Crippen LogP) is 2.55. The summed E-state index contributed by atoms with van der Waals surface area (Å²) in [6, 6.07) is 0.740. The van der Waals surface area contributed by atoms with E-state index < -0.39 is 0 Å². The summed E-state index contributed by atoms with van der Waals surface area (Å²) in [5, 5.41) is 3.54. The number of rotatable bonds is 1. The SMILES string of the molecule is CC1(C)CNCCN1C1CCOC2(CCCCC2)C1. The third-order valence-electron chi connectivity index (χ3n) is 5.54. The van der Waals surface area contributed by atoms with Crippen molar-refractivity contribution < 1.29 is 4.74 Å². The van der Waals surface area contributed by atoms with E-state index in [9.17, 15) is 0 Å². The minimum Gasteiger partial charge on any atom is -0.375 e. The molecule has 1 saturated carbocycles. The van der Waals surface area contributed by atoms with Crippen LogP contribution in [-0.2, 0) is 4.74 Å². The van der Waals surface area contributed by atoms with Crippen molar-refractivity contribution in [3.05, 3.63) is 0 Å². The summed E-state index contributed by atoms with van der Waals surface area (Å²) in [5.74, 6) is 0. The van der Waals surface area contributed by atoms with Crippen LogP contribution in [0.2, 0.25) is 0 Å². The number of hydrogen-bond acceptors (Lipinski definition) is 3. The Labute approximate surface area is 118 Å². The van der Waals surface area contributed by atoms with Gasteiger partial charge in [0.05, 0.1) is 5.60 Å². The maximum Gasteiger partial charge on any atom is 0.0697 e. The second-order valence-corrected chi connectivity index (χ2v) is 7.42. The van der Waals surface area contributed by atoms with Crippen molar-refractivity contribution >= 4 is 0 Å². The Morgan fingerprint density at radius 3 is 2.68 bits per heavy atom. The van der Waals surface area contributed by atoms with Gasteiger partial charge in [-0.25, -0.2) is 0 Å². The molecule has 0 bridgehead atoms. The third-order valence-corrected chi connectivity index (χ3v) is 5.54. The smallest absolute Gasteiger partial charge is 0.0697 e. The molecule has 2 saturated heterocycles. The number of nitrogens with zero attached hydrogens (tertiary/aromatic N) is 1. The van der Waals surface area contributed by atoms with Crippen molar-refractivity contribution in [3.8, 4) is 0 Å². The maximum absolute atomic E-state index is 6.25. The Hall–Kier alpha value is -0.120. The van der Waals surface area contributed by atoms with Crippen molar-refractivity contribution in [1.82, 2.24) is 10.2 Å². The Balaban J connectivity index is 1.70. The monoisotopic (exact) mass is 266 g/mol. The van der Waals surface area contributed by atoms with Crippen molar-refractivity contribution in [2.45, 2.75) is 76.0 Å². The summed E-state index contributed by atoms with van der Waals surface area (Å²) in [5.41, 5.74) is 0.540. The second kappa shape index (κ2) is 5.34. The summed E-state index contributed by atoms with van der Waals surface area (Å²) in [6.07, 6.45) is 9.26. The molecule has 19 heavy (non-hydrogen) atoms. The molecule has 0 aromatic rings. The van der Waals surface area contributed by atoms with Gasteiger partial charge in [-0.1, -0.05) is 19.3 Å². The molecule has 1 N–H and O–H groups in total. The van der Waals surface area contributed by atoms with Gasteiger partial charge < -0.3 is 10.1 Å². The van der Waals surface area contributed by atoms with E-state index >= 15 is 0 Å². The lowest BCUT2D eigenvalue weighted by atomic mass is 9.77. The van der Waals surface area contributed by atoms with Crippen LogP contribution in [-0.4, -0.2) is 48.3 Å². The number of hydrogen-bond donors (Lipinski definition) is 1. The van der Waals surface area contributed by atoms with E-state index in [0.717, 1.165) is 25.7 Å². The molecule has 1 unspecified atom stereocenters. The number of piperazine rings is 1. The average Bonchev–Trinajstić information content (AvgIpc) is 2.39. The molecule has 2 heterocycles. The minimum absolute atomic E-state index is 0.238. The fourth-order valence-electron chi connectivity index (χ4n) is 4.49. The van der Waals surface area contributed by atoms with Gasteiger partial charge in [-0.05, 0) is 39.5 Å². The highest BCUT2D eigenvalue weighted by atomic mass is 16.5. The largest absolute Gasteiger partial charge is 0.375 e. The maximum atomic E-state index is 6.25. The third kappa shape index (κ3) is 2.84. The van der Waals surface area contributed by atoms with Crippen molar-refractivity contribution in [3.63, 3.8) is 0 Å². The van der Waals surface area contributed by atoms with Gasteiger partial charge in [0, 0.05) is 37.8 Å². The van der Waals surface area contributed by atoms with Gasteiger partial charge in [-0.2, -0.15) is 0 Å². The summed E-state index contributed by atoms with van der Waals surface area (Å²) in [7, 11) is 0. The van der Waals surface area contributed by atoms with E-state index in [1.54, 1.807) is 0 Å². The molecule has 3 rings (SSSR count). The standard InChI is InChI=1S/C16H30N2O/c1-15(2)13-17-9-10-18(15)14-6-11-19-16(12-14)7-4-3-5-8-16/h14,17H,3-13H2,1-2H3. The van der Waals surface area contributed by atoms with Crippen LogP contribution in [0.15, 0.2) is 0 Å². The van der Waals surface area contributed by atoms with E-state index in [-0.39, 0.29) is 5.60 Å². The molecule has 2 aliphatic heterocycles. The van der Waals surface area contributed by atoms with Crippen LogP contribution in [0.5, 0.6) is 0 Å². The molecular weight excluding hydrogens is 236 g/mol. The van der Waals surface area contributed by atoms with Gasteiger partial charge in [-0.15, -0.1) is 0 Å². The van der Waals surface area contributed by atoms with Gasteiger partial charge in [0.2, 0.25) is 0 Å². The van der Waals surface area contributed by atoms with Crippen LogP contribution in [0.4, 0.5) is 0 Å². The van der Waals surface area contributed by atoms with E-state index in [1.807, 2.05) is 0 Å². The van der Waals surface area contributed by atoms with Crippen LogP contribution >= 0.6 is 0 Å². The van der Waals surface area contributed by atoms with Crippen molar-refractivity contribution in [2.24, 2.45) is 0 Å². The molecule has 3 heteroatoms. The lowest BCUT2D eigenvalue weighted by Crippen LogP contribution is -2.63. The fourth-order valence-corrected chi connectivity index (χ4v) is 4.49. The number of ether oxygens (including phenoxy) is 1. The molecule has 0 amide bonds. The molecule has 0 radical (unpaired) electrons. The fraction of sp³-hybridized carbons (Fsp3) is 1.00. The average molecular weight is 266 g/mol. The minimum atomic E-state index is 0.238. The van der Waals surface area contributed by atoms with Crippen LogP contribution in [0.25, 0.3) is 0 Å². The molecule has 110 valence electrons.